The molecule has 90 valence electrons. The van der Waals surface area contributed by atoms with Gasteiger partial charge in [-0.1, -0.05) is 6.92 Å². The largest absolute Gasteiger partial charge is 0.478 e. The summed E-state index contributed by atoms with van der Waals surface area (Å²) in [5.74, 6) is 1.20. The number of rotatable bonds is 6. The lowest BCUT2D eigenvalue weighted by Crippen LogP contribution is -2.32. The van der Waals surface area contributed by atoms with Crippen LogP contribution in [-0.4, -0.2) is 33.8 Å². The summed E-state index contributed by atoms with van der Waals surface area (Å²) < 4.78 is 5.25. The lowest BCUT2D eigenvalue weighted by atomic mass is 10.0. The van der Waals surface area contributed by atoms with Crippen molar-refractivity contribution in [2.45, 2.75) is 32.8 Å². The van der Waals surface area contributed by atoms with E-state index in [0.29, 0.717) is 31.3 Å². The maximum absolute atomic E-state index is 9.82. The van der Waals surface area contributed by atoms with Crippen LogP contribution < -0.4 is 10.1 Å². The molecule has 0 aliphatic carbocycles. The predicted molar refractivity (Wildman–Crippen MR) is 62.6 cm³/mol. The molecular weight excluding hydrogens is 206 g/mol. The van der Waals surface area contributed by atoms with Crippen molar-refractivity contribution in [2.24, 2.45) is 0 Å². The van der Waals surface area contributed by atoms with E-state index >= 15 is 0 Å². The average molecular weight is 225 g/mol. The van der Waals surface area contributed by atoms with E-state index in [1.807, 2.05) is 13.8 Å². The molecule has 0 saturated carbocycles. The minimum atomic E-state index is -0.725. The van der Waals surface area contributed by atoms with E-state index in [1.54, 1.807) is 13.0 Å². The minimum Gasteiger partial charge on any atom is -0.478 e. The van der Waals surface area contributed by atoms with E-state index in [9.17, 15) is 5.11 Å². The van der Waals surface area contributed by atoms with Crippen molar-refractivity contribution in [3.05, 3.63) is 12.4 Å². The molecule has 0 saturated heterocycles. The summed E-state index contributed by atoms with van der Waals surface area (Å²) in [5, 5.41) is 12.9. The monoisotopic (exact) mass is 225 g/mol. The standard InChI is InChI=1S/C11H19N3O2/c1-4-11(3,15)7-12-9-6-10(16-5-2)14-8-13-9/h6,8,15H,4-5,7H2,1-3H3,(H,12,13,14). The quantitative estimate of drug-likeness (QED) is 0.767. The molecule has 1 aromatic heterocycles. The molecule has 1 heterocycles. The Bertz CT molecular complexity index is 329. The fraction of sp³-hybridized carbons (Fsp3) is 0.636. The maximum atomic E-state index is 9.82. The summed E-state index contributed by atoms with van der Waals surface area (Å²) in [5.41, 5.74) is -0.725. The lowest BCUT2D eigenvalue weighted by Gasteiger charge is -2.21. The first-order valence-corrected chi connectivity index (χ1v) is 5.48. The molecule has 0 bridgehead atoms. The number of hydrogen-bond acceptors (Lipinski definition) is 5. The van der Waals surface area contributed by atoms with Gasteiger partial charge < -0.3 is 15.2 Å². The van der Waals surface area contributed by atoms with E-state index in [0.717, 1.165) is 0 Å². The summed E-state index contributed by atoms with van der Waals surface area (Å²) in [6, 6.07) is 1.72. The third-order valence-electron chi connectivity index (χ3n) is 2.35. The average Bonchev–Trinajstić information content (AvgIpc) is 2.28. The van der Waals surface area contributed by atoms with Gasteiger partial charge in [-0.05, 0) is 20.3 Å². The number of hydrogen-bond donors (Lipinski definition) is 2. The predicted octanol–water partition coefficient (Wildman–Crippen LogP) is 1.45. The van der Waals surface area contributed by atoms with Gasteiger partial charge in [0.15, 0.2) is 0 Å². The summed E-state index contributed by atoms with van der Waals surface area (Å²) in [6.07, 6.45) is 2.12. The van der Waals surface area contributed by atoms with E-state index in [2.05, 4.69) is 15.3 Å². The number of aromatic nitrogens is 2. The first kappa shape index (κ1) is 12.7. The van der Waals surface area contributed by atoms with Crippen LogP contribution in [0.15, 0.2) is 12.4 Å². The molecule has 1 atom stereocenters. The minimum absolute atomic E-state index is 0.450. The highest BCUT2D eigenvalue weighted by molar-refractivity contribution is 5.37. The molecule has 16 heavy (non-hydrogen) atoms. The zero-order valence-electron chi connectivity index (χ0n) is 10.0. The van der Waals surface area contributed by atoms with Crippen LogP contribution in [-0.2, 0) is 0 Å². The van der Waals surface area contributed by atoms with Gasteiger partial charge in [0.2, 0.25) is 5.88 Å². The van der Waals surface area contributed by atoms with Gasteiger partial charge in [0.05, 0.1) is 12.2 Å². The van der Waals surface area contributed by atoms with Gasteiger partial charge >= 0.3 is 0 Å². The second kappa shape index (κ2) is 5.65. The fourth-order valence-electron chi connectivity index (χ4n) is 1.07. The molecule has 5 nitrogen and oxygen atoms in total. The van der Waals surface area contributed by atoms with Crippen molar-refractivity contribution in [3.63, 3.8) is 0 Å². The van der Waals surface area contributed by atoms with Crippen molar-refractivity contribution in [3.8, 4) is 5.88 Å². The van der Waals surface area contributed by atoms with Gasteiger partial charge in [-0.2, -0.15) is 0 Å². The molecular formula is C11H19N3O2. The van der Waals surface area contributed by atoms with Crippen LogP contribution in [0.5, 0.6) is 5.88 Å². The van der Waals surface area contributed by atoms with Crippen molar-refractivity contribution in [1.29, 1.82) is 0 Å². The molecule has 1 aromatic rings. The van der Waals surface area contributed by atoms with Crippen LogP contribution in [0.4, 0.5) is 5.82 Å². The second-order valence-corrected chi connectivity index (χ2v) is 3.88. The normalized spacial score (nSPS) is 14.2. The number of nitrogens with one attached hydrogen (secondary N) is 1. The Morgan fingerprint density at radius 3 is 2.81 bits per heavy atom. The van der Waals surface area contributed by atoms with Gasteiger partial charge in [-0.25, -0.2) is 9.97 Å². The Hall–Kier alpha value is -1.36. The third-order valence-corrected chi connectivity index (χ3v) is 2.35. The van der Waals surface area contributed by atoms with Crippen molar-refractivity contribution < 1.29 is 9.84 Å². The van der Waals surface area contributed by atoms with Crippen LogP contribution in [0.3, 0.4) is 0 Å². The Morgan fingerprint density at radius 1 is 1.44 bits per heavy atom. The van der Waals surface area contributed by atoms with Crippen LogP contribution >= 0.6 is 0 Å². The maximum Gasteiger partial charge on any atom is 0.218 e. The van der Waals surface area contributed by atoms with E-state index < -0.39 is 5.60 Å². The first-order valence-electron chi connectivity index (χ1n) is 5.48. The van der Waals surface area contributed by atoms with Crippen molar-refractivity contribution in [1.82, 2.24) is 9.97 Å². The smallest absolute Gasteiger partial charge is 0.218 e. The summed E-state index contributed by atoms with van der Waals surface area (Å²) in [7, 11) is 0. The molecule has 0 radical (unpaired) electrons. The highest BCUT2D eigenvalue weighted by Gasteiger charge is 2.17. The Kier molecular flexibility index (Phi) is 4.49. The first-order chi connectivity index (χ1) is 7.57. The number of nitrogens with zero attached hydrogens (tertiary/aromatic N) is 2. The number of aliphatic hydroxyl groups is 1. The van der Waals surface area contributed by atoms with Crippen LogP contribution in [0.2, 0.25) is 0 Å². The number of ether oxygens (including phenoxy) is 1. The fourth-order valence-corrected chi connectivity index (χ4v) is 1.07. The van der Waals surface area contributed by atoms with Crippen LogP contribution in [0.1, 0.15) is 27.2 Å². The highest BCUT2D eigenvalue weighted by atomic mass is 16.5. The van der Waals surface area contributed by atoms with Gasteiger partial charge in [-0.15, -0.1) is 0 Å². The van der Waals surface area contributed by atoms with Gasteiger partial charge in [0.1, 0.15) is 12.1 Å². The number of anilines is 1. The molecule has 0 aromatic carbocycles. The second-order valence-electron chi connectivity index (χ2n) is 3.88. The molecule has 2 N–H and O–H groups in total. The summed E-state index contributed by atoms with van der Waals surface area (Å²) in [6.45, 7) is 6.64. The molecule has 0 aliphatic rings. The summed E-state index contributed by atoms with van der Waals surface area (Å²) in [4.78, 5) is 8.00. The zero-order chi connectivity index (χ0) is 12.0. The Balaban J connectivity index is 2.57. The third kappa shape index (κ3) is 4.02. The van der Waals surface area contributed by atoms with Gasteiger partial charge in [0.25, 0.3) is 0 Å². The van der Waals surface area contributed by atoms with Crippen LogP contribution in [0.25, 0.3) is 0 Å². The lowest BCUT2D eigenvalue weighted by molar-refractivity contribution is 0.0696. The van der Waals surface area contributed by atoms with Crippen molar-refractivity contribution in [2.75, 3.05) is 18.5 Å². The van der Waals surface area contributed by atoms with Crippen molar-refractivity contribution >= 4 is 5.82 Å². The highest BCUT2D eigenvalue weighted by Crippen LogP contribution is 2.13. The Labute approximate surface area is 95.9 Å². The molecule has 0 amide bonds. The molecule has 0 fully saturated rings. The van der Waals surface area contributed by atoms with Gasteiger partial charge in [0, 0.05) is 12.6 Å². The molecule has 1 unspecified atom stereocenters. The SMILES string of the molecule is CCOc1cc(NCC(C)(O)CC)ncn1. The van der Waals surface area contributed by atoms with E-state index in [-0.39, 0.29) is 0 Å². The van der Waals surface area contributed by atoms with Crippen LogP contribution in [0, 0.1) is 0 Å². The Morgan fingerprint density at radius 2 is 2.19 bits per heavy atom. The zero-order valence-corrected chi connectivity index (χ0v) is 10.0. The summed E-state index contributed by atoms with van der Waals surface area (Å²) >= 11 is 0. The molecule has 1 rings (SSSR count). The van der Waals surface area contributed by atoms with Gasteiger partial charge in [-0.3, -0.25) is 0 Å². The topological polar surface area (TPSA) is 67.3 Å². The molecule has 0 aliphatic heterocycles. The molecule has 0 spiro atoms. The van der Waals surface area contributed by atoms with E-state index in [1.165, 1.54) is 6.33 Å². The van der Waals surface area contributed by atoms with E-state index in [4.69, 9.17) is 4.74 Å². The molecule has 5 heteroatoms.